The second-order valence-corrected chi connectivity index (χ2v) is 6.47. The molecule has 3 rings (SSSR count). The molecule has 22 heavy (non-hydrogen) atoms. The van der Waals surface area contributed by atoms with Gasteiger partial charge in [-0.2, -0.15) is 0 Å². The van der Waals surface area contributed by atoms with Gasteiger partial charge >= 0.3 is 0 Å². The van der Waals surface area contributed by atoms with Crippen LogP contribution in [0.25, 0.3) is 11.1 Å². The van der Waals surface area contributed by atoms with E-state index in [0.29, 0.717) is 6.54 Å². The Kier molecular flexibility index (Phi) is 4.24. The van der Waals surface area contributed by atoms with Crippen LogP contribution in [0.3, 0.4) is 0 Å². The maximum absolute atomic E-state index is 6.12. The first-order valence-electron chi connectivity index (χ1n) is 7.49. The molecule has 0 amide bonds. The number of aryl methyl sites for hydroxylation is 1. The number of nitrogens with one attached hydrogen (secondary N) is 1. The minimum Gasteiger partial charge on any atom is -0.350 e. The molecule has 0 aromatic heterocycles. The van der Waals surface area contributed by atoms with Gasteiger partial charge in [-0.1, -0.05) is 35.9 Å². The van der Waals surface area contributed by atoms with Gasteiger partial charge in [-0.3, -0.25) is 0 Å². The van der Waals surface area contributed by atoms with E-state index in [2.05, 4.69) is 42.6 Å². The van der Waals surface area contributed by atoms with Crippen LogP contribution in [0.2, 0.25) is 5.02 Å². The van der Waals surface area contributed by atoms with E-state index >= 15 is 0 Å². The Bertz CT molecular complexity index is 689. The molecule has 0 saturated carbocycles. The maximum Gasteiger partial charge on any atom is 0.119 e. The lowest BCUT2D eigenvalue weighted by molar-refractivity contribution is -0.107. The number of hydrogen-bond acceptors (Lipinski definition) is 3. The van der Waals surface area contributed by atoms with Gasteiger partial charge in [-0.15, -0.1) is 0 Å². The van der Waals surface area contributed by atoms with Crippen molar-refractivity contribution in [1.29, 1.82) is 0 Å². The average Bonchev–Trinajstić information content (AvgIpc) is 2.50. The molecule has 0 aliphatic carbocycles. The molecule has 1 saturated heterocycles. The van der Waals surface area contributed by atoms with Crippen molar-refractivity contribution in [1.82, 2.24) is 5.32 Å². The molecule has 2 atom stereocenters. The third-order valence-corrected chi connectivity index (χ3v) is 4.61. The first-order chi connectivity index (χ1) is 10.5. The van der Waals surface area contributed by atoms with Gasteiger partial charge in [0.1, 0.15) is 11.8 Å². The predicted octanol–water partition coefficient (Wildman–Crippen LogP) is 3.44. The number of hydrogen-bond donors (Lipinski definition) is 2. The van der Waals surface area contributed by atoms with Crippen molar-refractivity contribution in [2.75, 3.05) is 13.1 Å². The topological polar surface area (TPSA) is 47.3 Å². The van der Waals surface area contributed by atoms with Crippen LogP contribution < -0.4 is 11.1 Å². The highest BCUT2D eigenvalue weighted by atomic mass is 35.5. The van der Waals surface area contributed by atoms with Crippen LogP contribution in [0.4, 0.5) is 0 Å². The summed E-state index contributed by atoms with van der Waals surface area (Å²) in [4.78, 5) is 0. The van der Waals surface area contributed by atoms with E-state index in [9.17, 15) is 0 Å². The fraction of sp³-hybridized carbons (Fsp3) is 0.333. The van der Waals surface area contributed by atoms with Crippen molar-refractivity contribution >= 4 is 11.6 Å². The van der Waals surface area contributed by atoms with Crippen molar-refractivity contribution in [2.24, 2.45) is 5.73 Å². The predicted molar refractivity (Wildman–Crippen MR) is 90.9 cm³/mol. The summed E-state index contributed by atoms with van der Waals surface area (Å²) in [6, 6.07) is 14.5. The van der Waals surface area contributed by atoms with Gasteiger partial charge in [0.15, 0.2) is 0 Å². The normalized spacial score (nSPS) is 25.2. The molecule has 4 heteroatoms. The molecule has 1 heterocycles. The van der Waals surface area contributed by atoms with Crippen LogP contribution in [0.1, 0.15) is 18.1 Å². The molecule has 116 valence electrons. The minimum absolute atomic E-state index is 0.278. The first kappa shape index (κ1) is 15.5. The lowest BCUT2D eigenvalue weighted by atomic mass is 9.91. The molecule has 0 spiro atoms. The van der Waals surface area contributed by atoms with Crippen LogP contribution in [0.15, 0.2) is 42.5 Å². The number of rotatable bonds is 2. The summed E-state index contributed by atoms with van der Waals surface area (Å²) in [5.74, 6) is 0. The fourth-order valence-electron chi connectivity index (χ4n) is 2.89. The monoisotopic (exact) mass is 316 g/mol. The summed E-state index contributed by atoms with van der Waals surface area (Å²) >= 11 is 6.12. The van der Waals surface area contributed by atoms with Crippen molar-refractivity contribution in [2.45, 2.75) is 25.7 Å². The Morgan fingerprint density at radius 2 is 2.00 bits per heavy atom. The summed E-state index contributed by atoms with van der Waals surface area (Å²) in [6.45, 7) is 5.53. The second-order valence-electron chi connectivity index (χ2n) is 6.06. The zero-order chi connectivity index (χ0) is 15.7. The summed E-state index contributed by atoms with van der Waals surface area (Å²) in [7, 11) is 0. The second kappa shape index (κ2) is 6.01. The van der Waals surface area contributed by atoms with Gasteiger partial charge < -0.3 is 15.8 Å². The molecular weight excluding hydrogens is 296 g/mol. The van der Waals surface area contributed by atoms with Gasteiger partial charge in [0, 0.05) is 18.1 Å². The molecule has 3 N–H and O–H groups in total. The summed E-state index contributed by atoms with van der Waals surface area (Å²) in [5.41, 5.74) is 10.0. The van der Waals surface area contributed by atoms with E-state index in [-0.39, 0.29) is 6.23 Å². The van der Waals surface area contributed by atoms with Gasteiger partial charge in [-0.05, 0) is 54.3 Å². The van der Waals surface area contributed by atoms with Gasteiger partial charge in [0.05, 0.1) is 0 Å². The largest absolute Gasteiger partial charge is 0.350 e. The van der Waals surface area contributed by atoms with Gasteiger partial charge in [0.25, 0.3) is 0 Å². The summed E-state index contributed by atoms with van der Waals surface area (Å²) in [6.07, 6.45) is -0.278. The van der Waals surface area contributed by atoms with Gasteiger partial charge in [0.2, 0.25) is 0 Å². The minimum atomic E-state index is -0.408. The molecule has 3 nitrogen and oxygen atoms in total. The van der Waals surface area contributed by atoms with Gasteiger partial charge in [-0.25, -0.2) is 0 Å². The molecular formula is C18H21ClN2O. The molecule has 1 fully saturated rings. The maximum atomic E-state index is 6.12. The smallest absolute Gasteiger partial charge is 0.119 e. The lowest BCUT2D eigenvalue weighted by Gasteiger charge is -2.38. The third-order valence-electron chi connectivity index (χ3n) is 4.18. The third kappa shape index (κ3) is 3.03. The molecule has 2 aromatic rings. The quantitative estimate of drug-likeness (QED) is 0.892. The molecule has 1 aliphatic heterocycles. The molecule has 0 radical (unpaired) electrons. The summed E-state index contributed by atoms with van der Waals surface area (Å²) in [5, 5.41) is 4.12. The number of halogens is 1. The SMILES string of the molecule is Cc1cc(-c2cccc(C3(C)CNCC(N)O3)c2)ccc1Cl. The number of benzene rings is 2. The average molecular weight is 317 g/mol. The Morgan fingerprint density at radius 1 is 1.23 bits per heavy atom. The van der Waals surface area contributed by atoms with Crippen molar-refractivity contribution in [3.8, 4) is 11.1 Å². The lowest BCUT2D eigenvalue weighted by Crippen LogP contribution is -2.53. The van der Waals surface area contributed by atoms with Crippen molar-refractivity contribution in [3.05, 3.63) is 58.6 Å². The molecule has 0 bridgehead atoms. The fourth-order valence-corrected chi connectivity index (χ4v) is 3.01. The van der Waals surface area contributed by atoms with Crippen molar-refractivity contribution in [3.63, 3.8) is 0 Å². The highest BCUT2D eigenvalue weighted by Crippen LogP contribution is 2.32. The summed E-state index contributed by atoms with van der Waals surface area (Å²) < 4.78 is 5.99. The van der Waals surface area contributed by atoms with E-state index in [1.807, 2.05) is 19.1 Å². The first-order valence-corrected chi connectivity index (χ1v) is 7.87. The van der Waals surface area contributed by atoms with Crippen LogP contribution in [0, 0.1) is 6.92 Å². The van der Waals surface area contributed by atoms with Crippen LogP contribution in [0.5, 0.6) is 0 Å². The zero-order valence-electron chi connectivity index (χ0n) is 12.9. The number of morpholine rings is 1. The zero-order valence-corrected chi connectivity index (χ0v) is 13.7. The van der Waals surface area contributed by atoms with Crippen LogP contribution >= 0.6 is 11.6 Å². The van der Waals surface area contributed by atoms with E-state index in [4.69, 9.17) is 22.1 Å². The molecule has 2 aromatic carbocycles. The Balaban J connectivity index is 1.97. The van der Waals surface area contributed by atoms with Crippen LogP contribution in [-0.4, -0.2) is 19.3 Å². The van der Waals surface area contributed by atoms with Crippen molar-refractivity contribution < 1.29 is 4.74 Å². The Labute approximate surface area is 136 Å². The van der Waals surface area contributed by atoms with E-state index < -0.39 is 5.60 Å². The standard InChI is InChI=1S/C18H21ClN2O/c1-12-8-14(6-7-16(12)19)13-4-3-5-15(9-13)18(2)11-21-10-17(20)22-18/h3-9,17,21H,10-11,20H2,1-2H3. The van der Waals surface area contributed by atoms with E-state index in [1.54, 1.807) is 0 Å². The molecule has 2 unspecified atom stereocenters. The van der Waals surface area contributed by atoms with E-state index in [0.717, 1.165) is 33.8 Å². The highest BCUT2D eigenvalue weighted by molar-refractivity contribution is 6.31. The molecule has 1 aliphatic rings. The van der Waals surface area contributed by atoms with E-state index in [1.165, 1.54) is 0 Å². The highest BCUT2D eigenvalue weighted by Gasteiger charge is 2.33. The Morgan fingerprint density at radius 3 is 2.73 bits per heavy atom. The number of nitrogens with two attached hydrogens (primary N) is 1. The Hall–Kier alpha value is -1.39. The number of ether oxygens (including phenoxy) is 1. The van der Waals surface area contributed by atoms with Crippen LogP contribution in [-0.2, 0) is 10.3 Å².